The molecule has 1 aliphatic heterocycles. The minimum atomic E-state index is -3.64. The highest BCUT2D eigenvalue weighted by molar-refractivity contribution is 7.89. The van der Waals surface area contributed by atoms with E-state index in [4.69, 9.17) is 0 Å². The van der Waals surface area contributed by atoms with Crippen LogP contribution < -0.4 is 4.72 Å². The van der Waals surface area contributed by atoms with E-state index < -0.39 is 10.0 Å². The quantitative estimate of drug-likeness (QED) is 0.922. The molecule has 0 aliphatic carbocycles. The molecule has 1 aromatic rings. The lowest BCUT2D eigenvalue weighted by Gasteiger charge is -2.39. The van der Waals surface area contributed by atoms with E-state index in [1.807, 2.05) is 20.8 Å². The normalized spacial score (nSPS) is 22.6. The molecule has 2 atom stereocenters. The minimum absolute atomic E-state index is 0.157. The van der Waals surface area contributed by atoms with Crippen LogP contribution in [0.1, 0.15) is 38.7 Å². The van der Waals surface area contributed by atoms with Crippen LogP contribution in [0.4, 0.5) is 0 Å². The summed E-state index contributed by atoms with van der Waals surface area (Å²) in [4.78, 5) is 14.3. The molecule has 1 N–H and O–H groups in total. The lowest BCUT2D eigenvalue weighted by molar-refractivity contribution is -0.135. The second kappa shape index (κ2) is 6.79. The van der Waals surface area contributed by atoms with E-state index in [9.17, 15) is 13.2 Å². The van der Waals surface area contributed by atoms with Gasteiger partial charge in [-0.15, -0.1) is 0 Å². The third-order valence-electron chi connectivity index (χ3n) is 4.23. The second-order valence-corrected chi connectivity index (χ2v) is 7.83. The Hall–Kier alpha value is -1.40. The smallest absolute Gasteiger partial charge is 0.241 e. The Labute approximate surface area is 132 Å². The van der Waals surface area contributed by atoms with Gasteiger partial charge in [-0.3, -0.25) is 4.79 Å². The molecule has 6 heteroatoms. The summed E-state index contributed by atoms with van der Waals surface area (Å²) < 4.78 is 26.8. The third kappa shape index (κ3) is 3.87. The molecule has 2 rings (SSSR count). The average molecular weight is 324 g/mol. The Morgan fingerprint density at radius 1 is 1.18 bits per heavy atom. The largest absolute Gasteiger partial charge is 0.336 e. The van der Waals surface area contributed by atoms with E-state index in [2.05, 4.69) is 4.72 Å². The van der Waals surface area contributed by atoms with Crippen molar-refractivity contribution in [2.45, 2.75) is 57.0 Å². The second-order valence-electron chi connectivity index (χ2n) is 6.07. The van der Waals surface area contributed by atoms with Gasteiger partial charge < -0.3 is 4.90 Å². The first-order valence-electron chi connectivity index (χ1n) is 7.69. The van der Waals surface area contributed by atoms with Crippen LogP contribution in [0.15, 0.2) is 29.2 Å². The van der Waals surface area contributed by atoms with Crippen molar-refractivity contribution in [3.8, 4) is 0 Å². The monoisotopic (exact) mass is 324 g/mol. The number of carbonyl (C=O) groups excluding carboxylic acids is 1. The SMILES string of the molecule is Cc1ccc(S(=O)(=O)NCC(=O)N2[C@H](C)CCC[C@H]2C)cc1. The van der Waals surface area contributed by atoms with Gasteiger partial charge in [0.2, 0.25) is 15.9 Å². The fraction of sp³-hybridized carbons (Fsp3) is 0.562. The van der Waals surface area contributed by atoms with E-state index in [0.717, 1.165) is 24.8 Å². The van der Waals surface area contributed by atoms with Gasteiger partial charge in [0.05, 0.1) is 11.4 Å². The van der Waals surface area contributed by atoms with Crippen LogP contribution in [0.3, 0.4) is 0 Å². The van der Waals surface area contributed by atoms with E-state index in [1.165, 1.54) is 0 Å². The van der Waals surface area contributed by atoms with E-state index in [-0.39, 0.29) is 29.4 Å². The molecule has 22 heavy (non-hydrogen) atoms. The molecule has 5 nitrogen and oxygen atoms in total. The average Bonchev–Trinajstić information content (AvgIpc) is 2.45. The number of piperidine rings is 1. The minimum Gasteiger partial charge on any atom is -0.336 e. The van der Waals surface area contributed by atoms with Gasteiger partial charge in [-0.2, -0.15) is 0 Å². The molecule has 1 aromatic carbocycles. The van der Waals surface area contributed by atoms with Crippen LogP contribution in [0.2, 0.25) is 0 Å². The van der Waals surface area contributed by atoms with Gasteiger partial charge >= 0.3 is 0 Å². The van der Waals surface area contributed by atoms with Crippen molar-refractivity contribution >= 4 is 15.9 Å². The molecule has 1 fully saturated rings. The van der Waals surface area contributed by atoms with Gasteiger partial charge in [-0.25, -0.2) is 13.1 Å². The van der Waals surface area contributed by atoms with Crippen LogP contribution in [0.25, 0.3) is 0 Å². The maximum absolute atomic E-state index is 12.4. The van der Waals surface area contributed by atoms with Gasteiger partial charge in [0.1, 0.15) is 0 Å². The first-order valence-corrected chi connectivity index (χ1v) is 9.17. The highest BCUT2D eigenvalue weighted by atomic mass is 32.2. The summed E-state index contributed by atoms with van der Waals surface area (Å²) in [6.07, 6.45) is 3.06. The molecule has 1 saturated heterocycles. The van der Waals surface area contributed by atoms with Crippen molar-refractivity contribution < 1.29 is 13.2 Å². The summed E-state index contributed by atoms with van der Waals surface area (Å²) in [7, 11) is -3.64. The van der Waals surface area contributed by atoms with Crippen molar-refractivity contribution in [2.24, 2.45) is 0 Å². The Morgan fingerprint density at radius 2 is 1.73 bits per heavy atom. The van der Waals surface area contributed by atoms with Crippen molar-refractivity contribution in [2.75, 3.05) is 6.54 Å². The fourth-order valence-corrected chi connectivity index (χ4v) is 3.94. The summed E-state index contributed by atoms with van der Waals surface area (Å²) in [5, 5.41) is 0. The summed E-state index contributed by atoms with van der Waals surface area (Å²) in [5.41, 5.74) is 0.992. The molecule has 0 bridgehead atoms. The molecule has 122 valence electrons. The zero-order chi connectivity index (χ0) is 16.3. The zero-order valence-corrected chi connectivity index (χ0v) is 14.2. The van der Waals surface area contributed by atoms with Gasteiger partial charge in [0.15, 0.2) is 0 Å². The molecule has 1 aliphatic rings. The van der Waals surface area contributed by atoms with Crippen molar-refractivity contribution in [1.82, 2.24) is 9.62 Å². The van der Waals surface area contributed by atoms with Gasteiger partial charge in [0, 0.05) is 12.1 Å². The van der Waals surface area contributed by atoms with E-state index >= 15 is 0 Å². The standard InChI is InChI=1S/C16H24N2O3S/c1-12-7-9-15(10-8-12)22(20,21)17-11-16(19)18-13(2)5-4-6-14(18)3/h7-10,13-14,17H,4-6,11H2,1-3H3/t13-,14-/m1/s1. The Kier molecular flexibility index (Phi) is 5.24. The predicted octanol–water partition coefficient (Wildman–Crippen LogP) is 2.06. The van der Waals surface area contributed by atoms with Crippen molar-refractivity contribution in [1.29, 1.82) is 0 Å². The molecule has 1 heterocycles. The highest BCUT2D eigenvalue weighted by Gasteiger charge is 2.29. The maximum atomic E-state index is 12.4. The van der Waals surface area contributed by atoms with Crippen LogP contribution >= 0.6 is 0 Å². The number of aryl methyl sites for hydroxylation is 1. The van der Waals surface area contributed by atoms with Crippen LogP contribution in [-0.2, 0) is 14.8 Å². The molecular weight excluding hydrogens is 300 g/mol. The number of hydrogen-bond acceptors (Lipinski definition) is 3. The molecule has 0 aromatic heterocycles. The van der Waals surface area contributed by atoms with Gasteiger partial charge in [-0.05, 0) is 52.2 Å². The molecule has 0 unspecified atom stereocenters. The Morgan fingerprint density at radius 3 is 2.27 bits per heavy atom. The number of nitrogens with one attached hydrogen (secondary N) is 1. The number of sulfonamides is 1. The van der Waals surface area contributed by atoms with Crippen molar-refractivity contribution in [3.63, 3.8) is 0 Å². The first kappa shape index (κ1) is 17.0. The first-order chi connectivity index (χ1) is 10.3. The number of nitrogens with zero attached hydrogens (tertiary/aromatic N) is 1. The summed E-state index contributed by atoms with van der Waals surface area (Å²) in [5.74, 6) is -0.157. The summed E-state index contributed by atoms with van der Waals surface area (Å²) >= 11 is 0. The van der Waals surface area contributed by atoms with Crippen LogP contribution in [0.5, 0.6) is 0 Å². The Bertz CT molecular complexity index is 615. The van der Waals surface area contributed by atoms with E-state index in [1.54, 1.807) is 29.2 Å². The van der Waals surface area contributed by atoms with E-state index in [0.29, 0.717) is 0 Å². The van der Waals surface area contributed by atoms with Crippen LogP contribution in [0, 0.1) is 6.92 Å². The number of amides is 1. The maximum Gasteiger partial charge on any atom is 0.241 e. The van der Waals surface area contributed by atoms with Gasteiger partial charge in [-0.1, -0.05) is 17.7 Å². The Balaban J connectivity index is 2.02. The third-order valence-corrected chi connectivity index (χ3v) is 5.64. The summed E-state index contributed by atoms with van der Waals surface area (Å²) in [6, 6.07) is 6.92. The number of likely N-dealkylation sites (tertiary alicyclic amines) is 1. The molecule has 1 amide bonds. The molecule has 0 saturated carbocycles. The number of hydrogen-bond donors (Lipinski definition) is 1. The van der Waals surface area contributed by atoms with Crippen LogP contribution in [-0.4, -0.2) is 37.9 Å². The number of carbonyl (C=O) groups is 1. The predicted molar refractivity (Wildman–Crippen MR) is 86.0 cm³/mol. The highest BCUT2D eigenvalue weighted by Crippen LogP contribution is 2.22. The van der Waals surface area contributed by atoms with Gasteiger partial charge in [0.25, 0.3) is 0 Å². The molecular formula is C16H24N2O3S. The summed E-state index contributed by atoms with van der Waals surface area (Å²) in [6.45, 7) is 5.74. The number of rotatable bonds is 4. The van der Waals surface area contributed by atoms with Crippen molar-refractivity contribution in [3.05, 3.63) is 29.8 Å². The fourth-order valence-electron chi connectivity index (χ4n) is 2.96. The lowest BCUT2D eigenvalue weighted by Crippen LogP contribution is -2.51. The molecule has 0 radical (unpaired) electrons. The topological polar surface area (TPSA) is 66.5 Å². The zero-order valence-electron chi connectivity index (χ0n) is 13.4. The molecule has 0 spiro atoms. The number of benzene rings is 1. The lowest BCUT2D eigenvalue weighted by atomic mass is 9.97.